The summed E-state index contributed by atoms with van der Waals surface area (Å²) < 4.78 is 5.54. The molecule has 0 amide bonds. The second kappa shape index (κ2) is 6.59. The minimum absolute atomic E-state index is 0.586. The van der Waals surface area contributed by atoms with Crippen LogP contribution in [0.5, 0.6) is 5.75 Å². The monoisotopic (exact) mass is 264 g/mol. The van der Waals surface area contributed by atoms with Gasteiger partial charge in [-0.1, -0.05) is 12.8 Å². The smallest absolute Gasteiger partial charge is 0.204 e. The average Bonchev–Trinajstić information content (AvgIpc) is 2.94. The summed E-state index contributed by atoms with van der Waals surface area (Å²) in [6.07, 6.45) is 6.74. The van der Waals surface area contributed by atoms with E-state index in [4.69, 9.17) is 4.74 Å². The fourth-order valence-corrected chi connectivity index (χ4v) is 2.85. The number of nitrogens with one attached hydrogen (secondary N) is 1. The van der Waals surface area contributed by atoms with Crippen molar-refractivity contribution in [2.75, 3.05) is 30.4 Å². The van der Waals surface area contributed by atoms with E-state index in [1.165, 1.54) is 25.7 Å². The Morgan fingerprint density at radius 2 is 2.05 bits per heavy atom. The first-order chi connectivity index (χ1) is 9.31. The molecule has 0 saturated heterocycles. The number of hydrogen-bond donors (Lipinski definition) is 1. The number of rotatable bonds is 6. The molecule has 0 spiro atoms. The maximum absolute atomic E-state index is 5.54. The van der Waals surface area contributed by atoms with Crippen LogP contribution in [0.4, 0.5) is 11.6 Å². The second-order valence-electron chi connectivity index (χ2n) is 4.83. The second-order valence-corrected chi connectivity index (χ2v) is 4.83. The fourth-order valence-electron chi connectivity index (χ4n) is 2.85. The summed E-state index contributed by atoms with van der Waals surface area (Å²) in [6, 6.07) is 0.586. The molecule has 1 aliphatic carbocycles. The number of hydrogen-bond acceptors (Lipinski definition) is 5. The first kappa shape index (κ1) is 13.9. The summed E-state index contributed by atoms with van der Waals surface area (Å²) in [5.41, 5.74) is 0. The minimum atomic E-state index is 0.586. The molecule has 1 saturated carbocycles. The molecule has 1 aromatic rings. The highest BCUT2D eigenvalue weighted by molar-refractivity contribution is 5.65. The van der Waals surface area contributed by atoms with Crippen molar-refractivity contribution in [3.63, 3.8) is 0 Å². The molecule has 0 radical (unpaired) electrons. The normalized spacial score (nSPS) is 15.5. The molecule has 106 valence electrons. The van der Waals surface area contributed by atoms with Crippen LogP contribution in [0.25, 0.3) is 0 Å². The van der Waals surface area contributed by atoms with Gasteiger partial charge in [-0.3, -0.25) is 0 Å². The Kier molecular flexibility index (Phi) is 4.82. The molecule has 1 fully saturated rings. The molecule has 1 aliphatic rings. The average molecular weight is 264 g/mol. The first-order valence-electron chi connectivity index (χ1n) is 7.21. The zero-order valence-corrected chi connectivity index (χ0v) is 12.1. The Labute approximate surface area is 115 Å². The number of ether oxygens (including phenoxy) is 1. The maximum Gasteiger partial charge on any atom is 0.204 e. The van der Waals surface area contributed by atoms with Crippen LogP contribution in [-0.4, -0.2) is 36.2 Å². The largest absolute Gasteiger partial charge is 0.490 e. The predicted molar refractivity (Wildman–Crippen MR) is 78.0 cm³/mol. The van der Waals surface area contributed by atoms with Crippen LogP contribution in [0, 0.1) is 0 Å². The van der Waals surface area contributed by atoms with E-state index in [-0.39, 0.29) is 0 Å². The van der Waals surface area contributed by atoms with Gasteiger partial charge in [-0.25, -0.2) is 9.97 Å². The van der Waals surface area contributed by atoms with Crippen molar-refractivity contribution in [3.05, 3.63) is 6.33 Å². The summed E-state index contributed by atoms with van der Waals surface area (Å²) in [5, 5.41) is 3.23. The van der Waals surface area contributed by atoms with Gasteiger partial charge in [0.2, 0.25) is 5.75 Å². The first-order valence-corrected chi connectivity index (χ1v) is 7.21. The van der Waals surface area contributed by atoms with E-state index < -0.39 is 0 Å². The molecule has 2 rings (SSSR count). The molecule has 0 unspecified atom stereocenters. The minimum Gasteiger partial charge on any atom is -0.490 e. The van der Waals surface area contributed by atoms with Crippen LogP contribution < -0.4 is 15.0 Å². The third kappa shape index (κ3) is 2.91. The van der Waals surface area contributed by atoms with Crippen LogP contribution in [0.3, 0.4) is 0 Å². The summed E-state index contributed by atoms with van der Waals surface area (Å²) in [5.74, 6) is 2.47. The van der Waals surface area contributed by atoms with Crippen molar-refractivity contribution < 1.29 is 4.74 Å². The Bertz CT molecular complexity index is 404. The van der Waals surface area contributed by atoms with Gasteiger partial charge in [0.15, 0.2) is 11.6 Å². The van der Waals surface area contributed by atoms with Gasteiger partial charge in [0, 0.05) is 19.1 Å². The Morgan fingerprint density at radius 1 is 1.32 bits per heavy atom. The third-order valence-electron chi connectivity index (χ3n) is 3.71. The van der Waals surface area contributed by atoms with Gasteiger partial charge in [-0.2, -0.15) is 0 Å². The lowest BCUT2D eigenvalue weighted by Crippen LogP contribution is -2.34. The van der Waals surface area contributed by atoms with Crippen LogP contribution in [0.2, 0.25) is 0 Å². The predicted octanol–water partition coefficient (Wildman–Crippen LogP) is 2.69. The molecular formula is C14H24N4O. The van der Waals surface area contributed by atoms with Gasteiger partial charge in [0.1, 0.15) is 6.33 Å². The Hall–Kier alpha value is -1.52. The van der Waals surface area contributed by atoms with Crippen LogP contribution in [-0.2, 0) is 0 Å². The quantitative estimate of drug-likeness (QED) is 0.856. The summed E-state index contributed by atoms with van der Waals surface area (Å²) >= 11 is 0. The molecule has 0 atom stereocenters. The van der Waals surface area contributed by atoms with Gasteiger partial charge in [0.05, 0.1) is 7.11 Å². The lowest BCUT2D eigenvalue weighted by atomic mass is 10.2. The lowest BCUT2D eigenvalue weighted by molar-refractivity contribution is 0.410. The van der Waals surface area contributed by atoms with Gasteiger partial charge < -0.3 is 15.0 Å². The standard InChI is InChI=1S/C14H24N4O/c1-4-15-13-12(19-3)14(17-10-16-13)18(5-2)11-8-6-7-9-11/h10-11H,4-9H2,1-3H3,(H,15,16,17). The van der Waals surface area contributed by atoms with E-state index in [2.05, 4.69) is 34.0 Å². The molecule has 0 aromatic carbocycles. The Morgan fingerprint density at radius 3 is 2.63 bits per heavy atom. The molecule has 5 nitrogen and oxygen atoms in total. The van der Waals surface area contributed by atoms with E-state index in [9.17, 15) is 0 Å². The van der Waals surface area contributed by atoms with Gasteiger partial charge in [-0.15, -0.1) is 0 Å². The maximum atomic E-state index is 5.54. The molecule has 0 bridgehead atoms. The number of nitrogens with zero attached hydrogens (tertiary/aromatic N) is 3. The van der Waals surface area contributed by atoms with Crippen molar-refractivity contribution in [3.8, 4) is 5.75 Å². The molecule has 1 aromatic heterocycles. The zero-order chi connectivity index (χ0) is 13.7. The zero-order valence-electron chi connectivity index (χ0n) is 12.1. The van der Waals surface area contributed by atoms with Crippen LogP contribution in [0.15, 0.2) is 6.33 Å². The van der Waals surface area contributed by atoms with E-state index in [1.807, 2.05) is 0 Å². The number of anilines is 2. The van der Waals surface area contributed by atoms with Gasteiger partial charge >= 0.3 is 0 Å². The molecule has 19 heavy (non-hydrogen) atoms. The van der Waals surface area contributed by atoms with E-state index >= 15 is 0 Å². The molecule has 5 heteroatoms. The van der Waals surface area contributed by atoms with Crippen molar-refractivity contribution in [2.24, 2.45) is 0 Å². The lowest BCUT2D eigenvalue weighted by Gasteiger charge is -2.30. The van der Waals surface area contributed by atoms with E-state index in [0.29, 0.717) is 6.04 Å². The molecular weight excluding hydrogens is 240 g/mol. The highest BCUT2D eigenvalue weighted by atomic mass is 16.5. The summed E-state index contributed by atoms with van der Waals surface area (Å²) in [6.45, 7) is 5.99. The van der Waals surface area contributed by atoms with Gasteiger partial charge in [-0.05, 0) is 26.7 Å². The topological polar surface area (TPSA) is 50.3 Å². The van der Waals surface area contributed by atoms with Gasteiger partial charge in [0.25, 0.3) is 0 Å². The van der Waals surface area contributed by atoms with E-state index in [0.717, 1.165) is 30.5 Å². The SMILES string of the molecule is CCNc1ncnc(N(CC)C2CCCC2)c1OC. The summed E-state index contributed by atoms with van der Waals surface area (Å²) in [7, 11) is 1.69. The van der Waals surface area contributed by atoms with Crippen molar-refractivity contribution in [1.82, 2.24) is 9.97 Å². The number of methoxy groups -OCH3 is 1. The van der Waals surface area contributed by atoms with Crippen LogP contribution >= 0.6 is 0 Å². The molecule has 1 N–H and O–H groups in total. The van der Waals surface area contributed by atoms with Crippen molar-refractivity contribution in [2.45, 2.75) is 45.6 Å². The third-order valence-corrected chi connectivity index (χ3v) is 3.71. The molecule has 0 aliphatic heterocycles. The Balaban J connectivity index is 2.32. The van der Waals surface area contributed by atoms with Crippen LogP contribution in [0.1, 0.15) is 39.5 Å². The fraction of sp³-hybridized carbons (Fsp3) is 0.714. The van der Waals surface area contributed by atoms with Crippen molar-refractivity contribution in [1.29, 1.82) is 0 Å². The van der Waals surface area contributed by atoms with E-state index in [1.54, 1.807) is 13.4 Å². The number of aromatic nitrogens is 2. The molecule has 1 heterocycles. The highest BCUT2D eigenvalue weighted by Gasteiger charge is 2.26. The highest BCUT2D eigenvalue weighted by Crippen LogP contribution is 2.35. The van der Waals surface area contributed by atoms with Crippen molar-refractivity contribution >= 4 is 11.6 Å². The summed E-state index contributed by atoms with van der Waals surface area (Å²) in [4.78, 5) is 11.1.